The van der Waals surface area contributed by atoms with E-state index < -0.39 is 0 Å². The molecule has 0 N–H and O–H groups in total. The minimum absolute atomic E-state index is 0.297. The molecule has 0 aromatic carbocycles. The van der Waals surface area contributed by atoms with Gasteiger partial charge in [-0.1, -0.05) is 658 Å². The molecule has 8 nitrogen and oxygen atoms in total. The highest BCUT2D eigenvalue weighted by Crippen LogP contribution is 2.23. The number of ether oxygens (including phenoxy) is 4. The van der Waals surface area contributed by atoms with E-state index in [0.29, 0.717) is 26.4 Å². The Balaban J connectivity index is -0.000000788. The third kappa shape index (κ3) is 132. The van der Waals surface area contributed by atoms with Crippen LogP contribution in [-0.4, -0.2) is 50.3 Å². The van der Waals surface area contributed by atoms with Crippen molar-refractivity contribution < 1.29 is 38.1 Å². The lowest BCUT2D eigenvalue weighted by Gasteiger charge is -2.04. The Morgan fingerprint density at radius 2 is 0.190 bits per heavy atom. The van der Waals surface area contributed by atoms with Gasteiger partial charge in [-0.2, -0.15) is 0 Å². The number of unbranched alkanes of at least 4 members (excludes halogenated alkanes) is 94. The lowest BCUT2D eigenvalue weighted by molar-refractivity contribution is -0.138. The Hall–Kier alpha value is -3.16. The van der Waals surface area contributed by atoms with Gasteiger partial charge in [0, 0.05) is 24.3 Å². The number of carbonyl (C=O) groups excluding carboxylic acids is 4. The van der Waals surface area contributed by atoms with Crippen LogP contribution in [-0.2, 0) is 38.1 Å². The second-order valence-electron chi connectivity index (χ2n) is 38.7. The fourth-order valence-corrected chi connectivity index (χ4v) is 17.5. The van der Waals surface area contributed by atoms with Gasteiger partial charge in [-0.3, -0.25) is 0 Å². The number of carbonyl (C=O) groups is 4. The molecule has 0 fully saturated rings. The van der Waals surface area contributed by atoms with Crippen molar-refractivity contribution >= 4 is 23.9 Å². The molecule has 0 amide bonds. The fourth-order valence-electron chi connectivity index (χ4n) is 17.5. The van der Waals surface area contributed by atoms with Gasteiger partial charge >= 0.3 is 23.9 Å². The first-order valence-corrected chi connectivity index (χ1v) is 57.4. The second-order valence-corrected chi connectivity index (χ2v) is 38.7. The summed E-state index contributed by atoms with van der Waals surface area (Å²) in [7, 11) is 0. The quantitative estimate of drug-likeness (QED) is 0.0257. The van der Waals surface area contributed by atoms with Crippen LogP contribution >= 0.6 is 0 Å². The normalized spacial score (nSPS) is 11.0. The molecule has 0 spiro atoms. The Labute approximate surface area is 791 Å². The SMILES string of the molecule is C=CC(=O)OCCCCCCCCCCCCCCCCCCCCCCCCC.C=CC(=O)OCCCCCCCCCCCCCCCCCCCCCCCCCC.C=CC(=O)OCCCCCCCCCCCCCCCCCCCCCCCCCCC.C=CC(=O)OCCCCCCCCCCCCCCCCCCCCCCCCCCCC. The van der Waals surface area contributed by atoms with Gasteiger partial charge in [0.2, 0.25) is 0 Å². The van der Waals surface area contributed by atoms with E-state index in [2.05, 4.69) is 54.0 Å². The number of esters is 4. The van der Waals surface area contributed by atoms with Gasteiger partial charge in [0.25, 0.3) is 0 Å². The monoisotopic (exact) mass is 1770 g/mol. The smallest absolute Gasteiger partial charge is 0.330 e. The summed E-state index contributed by atoms with van der Waals surface area (Å²) in [5, 5.41) is 0. The number of hydrogen-bond donors (Lipinski definition) is 0. The zero-order valence-corrected chi connectivity index (χ0v) is 86.5. The summed E-state index contributed by atoms with van der Waals surface area (Å²) in [4.78, 5) is 43.6. The molecule has 8 heteroatoms. The average molecular weight is 1780 g/mol. The van der Waals surface area contributed by atoms with Crippen molar-refractivity contribution in [2.45, 2.75) is 657 Å². The molecular weight excluding hydrogens is 1550 g/mol. The van der Waals surface area contributed by atoms with E-state index in [1.165, 1.54) is 628 Å². The van der Waals surface area contributed by atoms with Gasteiger partial charge in [-0.25, -0.2) is 19.2 Å². The van der Waals surface area contributed by atoms with Gasteiger partial charge < -0.3 is 18.9 Å². The lowest BCUT2D eigenvalue weighted by Crippen LogP contribution is -2.01. The van der Waals surface area contributed by atoms with Crippen LogP contribution in [0.25, 0.3) is 0 Å². The molecule has 0 aromatic heterocycles. The molecule has 0 rings (SSSR count). The molecule has 0 saturated carbocycles. The zero-order valence-electron chi connectivity index (χ0n) is 86.5. The topological polar surface area (TPSA) is 105 Å². The predicted molar refractivity (Wildman–Crippen MR) is 560 cm³/mol. The van der Waals surface area contributed by atoms with Gasteiger partial charge in [0.15, 0.2) is 0 Å². The third-order valence-electron chi connectivity index (χ3n) is 26.1. The van der Waals surface area contributed by atoms with Crippen LogP contribution in [0.4, 0.5) is 0 Å². The van der Waals surface area contributed by atoms with E-state index >= 15 is 0 Å². The standard InChI is InChI=1S/C31H60O2.C30H58O2.C29H56O2.C28H54O2/c1-3-5-6-7-8-9-10-11-12-13-14-15-16-17-18-19-20-21-22-23-24-25-26-27-28-29-30-33-31(32)4-2;1-3-5-6-7-8-9-10-11-12-13-14-15-16-17-18-19-20-21-22-23-24-25-26-27-28-29-32-30(31)4-2;1-3-5-6-7-8-9-10-11-12-13-14-15-16-17-18-19-20-21-22-23-24-25-26-27-28-31-29(30)4-2;1-3-5-6-7-8-9-10-11-12-13-14-15-16-17-18-19-20-21-22-23-24-25-26-27-30-28(29)4-2/h4H,2-3,5-30H2,1H3;4H,2-3,5-29H2,1H3;4H,2-3,5-28H2,1H3;4H,2-3,5-27H2,1H3. The predicted octanol–water partition coefficient (Wildman–Crippen LogP) is 41.2. The first-order valence-electron chi connectivity index (χ1n) is 57.4. The maximum absolute atomic E-state index is 10.9. The van der Waals surface area contributed by atoms with Gasteiger partial charge in [0.1, 0.15) is 0 Å². The van der Waals surface area contributed by atoms with Crippen LogP contribution in [0.2, 0.25) is 0 Å². The van der Waals surface area contributed by atoms with E-state index in [1.807, 2.05) is 0 Å². The Morgan fingerprint density at radius 1 is 0.127 bits per heavy atom. The Kier molecular flexibility index (Phi) is 129. The molecule has 0 aliphatic carbocycles. The minimum atomic E-state index is -0.297. The minimum Gasteiger partial charge on any atom is -0.463 e. The fraction of sp³-hybridized carbons (Fsp3) is 0.898. The number of rotatable bonds is 106. The highest BCUT2D eigenvalue weighted by Gasteiger charge is 2.06. The summed E-state index contributed by atoms with van der Waals surface area (Å²) < 4.78 is 19.9. The summed E-state index contributed by atoms with van der Waals surface area (Å²) in [5.41, 5.74) is 0. The maximum atomic E-state index is 10.9. The van der Waals surface area contributed by atoms with Crippen molar-refractivity contribution in [3.63, 3.8) is 0 Å². The largest absolute Gasteiger partial charge is 0.463 e. The molecular formula is C118H228O8. The lowest BCUT2D eigenvalue weighted by atomic mass is 10.0. The van der Waals surface area contributed by atoms with Gasteiger partial charge in [-0.05, 0) is 25.7 Å². The van der Waals surface area contributed by atoms with Gasteiger partial charge in [-0.15, -0.1) is 0 Å². The molecule has 0 aromatic rings. The Bertz CT molecular complexity index is 2050. The second kappa shape index (κ2) is 126. The highest BCUT2D eigenvalue weighted by atomic mass is 16.5. The Morgan fingerprint density at radius 3 is 0.254 bits per heavy atom. The highest BCUT2D eigenvalue weighted by molar-refractivity contribution is 5.82. The molecule has 0 aliphatic heterocycles. The number of hydrogen-bond acceptors (Lipinski definition) is 8. The van der Waals surface area contributed by atoms with Crippen molar-refractivity contribution in [2.75, 3.05) is 26.4 Å². The molecule has 0 radical (unpaired) electrons. The maximum Gasteiger partial charge on any atom is 0.330 e. The molecule has 0 atom stereocenters. The van der Waals surface area contributed by atoms with Crippen LogP contribution in [0.15, 0.2) is 50.6 Å². The van der Waals surface area contributed by atoms with Gasteiger partial charge in [0.05, 0.1) is 26.4 Å². The molecule has 748 valence electrons. The summed E-state index contributed by atoms with van der Waals surface area (Å²) in [6, 6.07) is 0. The molecule has 0 heterocycles. The van der Waals surface area contributed by atoms with E-state index in [0.717, 1.165) is 25.7 Å². The first-order chi connectivity index (χ1) is 62.2. The summed E-state index contributed by atoms with van der Waals surface area (Å²) in [5.74, 6) is -1.19. The molecule has 126 heavy (non-hydrogen) atoms. The van der Waals surface area contributed by atoms with Crippen LogP contribution < -0.4 is 0 Å². The van der Waals surface area contributed by atoms with Crippen molar-refractivity contribution in [1.82, 2.24) is 0 Å². The summed E-state index contributed by atoms with van der Waals surface area (Å²) >= 11 is 0. The third-order valence-corrected chi connectivity index (χ3v) is 26.1. The molecule has 0 aliphatic rings. The van der Waals surface area contributed by atoms with Crippen molar-refractivity contribution in [3.05, 3.63) is 50.6 Å². The zero-order chi connectivity index (χ0) is 92.1. The molecule has 0 bridgehead atoms. The van der Waals surface area contributed by atoms with Crippen LogP contribution in [0.1, 0.15) is 657 Å². The van der Waals surface area contributed by atoms with E-state index in [1.54, 1.807) is 0 Å². The summed E-state index contributed by atoms with van der Waals surface area (Å²) in [6.07, 6.45) is 142. The van der Waals surface area contributed by atoms with Crippen molar-refractivity contribution in [2.24, 2.45) is 0 Å². The van der Waals surface area contributed by atoms with E-state index in [9.17, 15) is 19.2 Å². The van der Waals surface area contributed by atoms with E-state index in [-0.39, 0.29) is 23.9 Å². The summed E-state index contributed by atoms with van der Waals surface area (Å²) in [6.45, 7) is 25.0. The van der Waals surface area contributed by atoms with Crippen molar-refractivity contribution in [3.8, 4) is 0 Å². The van der Waals surface area contributed by atoms with Crippen LogP contribution in [0.5, 0.6) is 0 Å². The average Bonchev–Trinajstić information content (AvgIpc) is 1.11. The molecule has 0 unspecified atom stereocenters. The first kappa shape index (κ1) is 129. The van der Waals surface area contributed by atoms with Crippen LogP contribution in [0, 0.1) is 0 Å². The van der Waals surface area contributed by atoms with Crippen LogP contribution in [0.3, 0.4) is 0 Å². The van der Waals surface area contributed by atoms with Crippen molar-refractivity contribution in [1.29, 1.82) is 0 Å². The van der Waals surface area contributed by atoms with E-state index in [4.69, 9.17) is 18.9 Å². The molecule has 0 saturated heterocycles.